The van der Waals surface area contributed by atoms with Crippen LogP contribution in [0.15, 0.2) is 73.3 Å². The third-order valence-corrected chi connectivity index (χ3v) is 6.15. The number of benzene rings is 2. The zero-order valence-corrected chi connectivity index (χ0v) is 18.8. The Bertz CT molecular complexity index is 1500. The molecule has 3 aromatic heterocycles. The Morgan fingerprint density at radius 3 is 2.59 bits per heavy atom. The number of aromatic nitrogens is 7. The summed E-state index contributed by atoms with van der Waals surface area (Å²) in [7, 11) is 0. The third-order valence-electron chi connectivity index (χ3n) is 6.15. The number of hydrogen-bond donors (Lipinski definition) is 0. The molecule has 2 aromatic carbocycles. The van der Waals surface area contributed by atoms with Crippen molar-refractivity contribution in [2.75, 3.05) is 0 Å². The van der Waals surface area contributed by atoms with Gasteiger partial charge in [0.05, 0.1) is 30.2 Å². The van der Waals surface area contributed by atoms with Crippen LogP contribution in [-0.2, 0) is 13.1 Å². The van der Waals surface area contributed by atoms with Crippen LogP contribution >= 0.6 is 0 Å². The van der Waals surface area contributed by atoms with Crippen LogP contribution in [0.4, 0.5) is 0 Å². The van der Waals surface area contributed by atoms with E-state index in [1.54, 1.807) is 6.07 Å². The summed E-state index contributed by atoms with van der Waals surface area (Å²) < 4.78 is 5.60. The second kappa shape index (κ2) is 7.80. The number of carbonyl (C=O) groups excluding carboxylic acids is 1. The van der Waals surface area contributed by atoms with Crippen molar-refractivity contribution in [2.24, 2.45) is 0 Å². The van der Waals surface area contributed by atoms with E-state index < -0.39 is 0 Å². The van der Waals surface area contributed by atoms with Crippen LogP contribution in [0.5, 0.6) is 0 Å². The number of rotatable bonds is 4. The van der Waals surface area contributed by atoms with Gasteiger partial charge in [0.15, 0.2) is 0 Å². The minimum Gasteiger partial charge on any atom is -0.328 e. The van der Waals surface area contributed by atoms with Gasteiger partial charge in [-0.25, -0.2) is 9.36 Å². The maximum atomic E-state index is 13.4. The largest absolute Gasteiger partial charge is 0.328 e. The van der Waals surface area contributed by atoms with E-state index in [2.05, 4.69) is 52.1 Å². The maximum Gasteiger partial charge on any atom is 0.254 e. The molecule has 4 heterocycles. The highest BCUT2D eigenvalue weighted by atomic mass is 16.2. The summed E-state index contributed by atoms with van der Waals surface area (Å²) in [5.74, 6) is 0.911. The molecule has 0 radical (unpaired) electrons. The number of amides is 1. The van der Waals surface area contributed by atoms with E-state index in [0.717, 1.165) is 34.0 Å². The molecule has 0 bridgehead atoms. The molecule has 9 heteroatoms. The van der Waals surface area contributed by atoms with Crippen molar-refractivity contribution < 1.29 is 4.79 Å². The van der Waals surface area contributed by atoms with E-state index >= 15 is 0 Å². The summed E-state index contributed by atoms with van der Waals surface area (Å²) in [6.07, 6.45) is 5.53. The number of aryl methyl sites for hydroxylation is 2. The molecular formula is C25H22N8O. The summed E-state index contributed by atoms with van der Waals surface area (Å²) in [6.45, 7) is 5.13. The van der Waals surface area contributed by atoms with E-state index in [9.17, 15) is 4.79 Å². The SMILES string of the molecule is Cc1ccc(-n2nc3c(c2-n2cccc2)CN(C(=O)c2cccc(-n4cnnn4)c2)C3)c(C)c1. The standard InChI is InChI=1S/C25H22N8O/c1-17-8-9-23(18(2)12-17)33-24(30-10-3-4-11-30)21-14-31(15-22(21)27-33)25(34)19-6-5-7-20(13-19)32-16-26-28-29-32/h3-13,16H,14-15H2,1-2H3. The number of fused-ring (bicyclic) bond motifs is 1. The fourth-order valence-electron chi connectivity index (χ4n) is 4.54. The number of nitrogens with zero attached hydrogens (tertiary/aromatic N) is 8. The molecule has 34 heavy (non-hydrogen) atoms. The lowest BCUT2D eigenvalue weighted by molar-refractivity contribution is 0.0749. The van der Waals surface area contributed by atoms with Crippen LogP contribution in [0.2, 0.25) is 0 Å². The van der Waals surface area contributed by atoms with Crippen molar-refractivity contribution in [2.45, 2.75) is 26.9 Å². The highest BCUT2D eigenvalue weighted by Gasteiger charge is 2.32. The summed E-state index contributed by atoms with van der Waals surface area (Å²) in [5, 5.41) is 16.2. The summed E-state index contributed by atoms with van der Waals surface area (Å²) in [6, 6.07) is 17.7. The third kappa shape index (κ3) is 3.29. The Labute approximate surface area is 195 Å². The van der Waals surface area contributed by atoms with Crippen molar-refractivity contribution >= 4 is 5.91 Å². The molecule has 0 saturated heterocycles. The van der Waals surface area contributed by atoms with Gasteiger partial charge in [-0.2, -0.15) is 5.10 Å². The second-order valence-electron chi connectivity index (χ2n) is 8.51. The first kappa shape index (κ1) is 20.1. The van der Waals surface area contributed by atoms with Gasteiger partial charge >= 0.3 is 0 Å². The lowest BCUT2D eigenvalue weighted by Crippen LogP contribution is -2.26. The van der Waals surface area contributed by atoms with Crippen molar-refractivity contribution in [1.29, 1.82) is 0 Å². The zero-order valence-electron chi connectivity index (χ0n) is 18.8. The van der Waals surface area contributed by atoms with Gasteiger partial charge in [-0.15, -0.1) is 5.10 Å². The Morgan fingerprint density at radius 1 is 0.971 bits per heavy atom. The highest BCUT2D eigenvalue weighted by Crippen LogP contribution is 2.32. The average Bonchev–Trinajstić information content (AvgIpc) is 3.63. The molecule has 0 aliphatic carbocycles. The molecule has 168 valence electrons. The Kier molecular flexibility index (Phi) is 4.61. The van der Waals surface area contributed by atoms with Gasteiger partial charge in [0.2, 0.25) is 0 Å². The molecule has 9 nitrogen and oxygen atoms in total. The number of hydrogen-bond acceptors (Lipinski definition) is 5. The van der Waals surface area contributed by atoms with E-state index in [-0.39, 0.29) is 5.91 Å². The smallest absolute Gasteiger partial charge is 0.254 e. The fraction of sp³-hybridized carbons (Fsp3) is 0.160. The zero-order chi connectivity index (χ0) is 23.2. The summed E-state index contributed by atoms with van der Waals surface area (Å²) in [5.41, 5.74) is 6.69. The maximum absolute atomic E-state index is 13.4. The van der Waals surface area contributed by atoms with E-state index in [4.69, 9.17) is 5.10 Å². The molecule has 0 fully saturated rings. The fourth-order valence-corrected chi connectivity index (χ4v) is 4.54. The normalized spacial score (nSPS) is 12.8. The van der Waals surface area contributed by atoms with Crippen molar-refractivity contribution in [1.82, 2.24) is 39.5 Å². The molecular weight excluding hydrogens is 428 g/mol. The van der Waals surface area contributed by atoms with Crippen LogP contribution < -0.4 is 0 Å². The second-order valence-corrected chi connectivity index (χ2v) is 8.51. The quantitative estimate of drug-likeness (QED) is 0.419. The molecule has 0 N–H and O–H groups in total. The van der Waals surface area contributed by atoms with Crippen LogP contribution in [0.25, 0.3) is 17.2 Å². The summed E-state index contributed by atoms with van der Waals surface area (Å²) in [4.78, 5) is 15.2. The molecule has 6 rings (SSSR count). The molecule has 0 atom stereocenters. The lowest BCUT2D eigenvalue weighted by atomic mass is 10.1. The van der Waals surface area contributed by atoms with Gasteiger partial charge in [0, 0.05) is 23.5 Å². The van der Waals surface area contributed by atoms with Crippen LogP contribution in [-0.4, -0.2) is 45.4 Å². The Morgan fingerprint density at radius 2 is 1.82 bits per heavy atom. The van der Waals surface area contributed by atoms with Gasteiger partial charge in [-0.1, -0.05) is 23.8 Å². The minimum atomic E-state index is -0.0514. The van der Waals surface area contributed by atoms with Crippen molar-refractivity contribution in [3.8, 4) is 17.2 Å². The lowest BCUT2D eigenvalue weighted by Gasteiger charge is -2.18. The molecule has 0 spiro atoms. The molecule has 1 aliphatic heterocycles. The minimum absolute atomic E-state index is 0.0514. The monoisotopic (exact) mass is 450 g/mol. The first-order valence-corrected chi connectivity index (χ1v) is 11.0. The van der Waals surface area contributed by atoms with Crippen LogP contribution in [0.3, 0.4) is 0 Å². The van der Waals surface area contributed by atoms with Gasteiger partial charge in [0.25, 0.3) is 5.91 Å². The van der Waals surface area contributed by atoms with Crippen molar-refractivity contribution in [3.63, 3.8) is 0 Å². The molecule has 0 unspecified atom stereocenters. The first-order valence-electron chi connectivity index (χ1n) is 11.0. The van der Waals surface area contributed by atoms with E-state index in [1.165, 1.54) is 16.6 Å². The molecule has 1 amide bonds. The van der Waals surface area contributed by atoms with Gasteiger partial charge < -0.3 is 9.47 Å². The van der Waals surface area contributed by atoms with Crippen LogP contribution in [0.1, 0.15) is 32.7 Å². The predicted molar refractivity (Wildman–Crippen MR) is 125 cm³/mol. The van der Waals surface area contributed by atoms with Gasteiger partial charge in [-0.3, -0.25) is 4.79 Å². The topological polar surface area (TPSA) is 86.7 Å². The van der Waals surface area contributed by atoms with Crippen LogP contribution in [0, 0.1) is 13.8 Å². The molecule has 5 aromatic rings. The first-order chi connectivity index (χ1) is 16.6. The van der Waals surface area contributed by atoms with E-state index in [1.807, 2.05) is 52.3 Å². The van der Waals surface area contributed by atoms with E-state index in [0.29, 0.717) is 18.7 Å². The highest BCUT2D eigenvalue weighted by molar-refractivity contribution is 5.95. The number of carbonyl (C=O) groups is 1. The molecule has 1 aliphatic rings. The average molecular weight is 451 g/mol. The molecule has 0 saturated carbocycles. The Hall–Kier alpha value is -4.53. The van der Waals surface area contributed by atoms with Gasteiger partial charge in [0.1, 0.15) is 12.1 Å². The van der Waals surface area contributed by atoms with Gasteiger partial charge in [-0.05, 0) is 66.2 Å². The predicted octanol–water partition coefficient (Wildman–Crippen LogP) is 3.41. The number of tetrazole rings is 1. The van der Waals surface area contributed by atoms with Crippen molar-refractivity contribution in [3.05, 3.63) is 101 Å². The summed E-state index contributed by atoms with van der Waals surface area (Å²) >= 11 is 0. The Balaban J connectivity index is 1.36.